The van der Waals surface area contributed by atoms with Crippen LogP contribution < -0.4 is 5.73 Å². The predicted molar refractivity (Wildman–Crippen MR) is 56.4 cm³/mol. The minimum Gasteiger partial charge on any atom is -0.364 e. The first-order valence-electron chi connectivity index (χ1n) is 5.32. The first-order valence-corrected chi connectivity index (χ1v) is 5.32. The molecule has 0 aliphatic rings. The van der Waals surface area contributed by atoms with E-state index >= 15 is 0 Å². The van der Waals surface area contributed by atoms with Crippen LogP contribution in [0.4, 0.5) is 13.2 Å². The van der Waals surface area contributed by atoms with Gasteiger partial charge in [-0.15, -0.1) is 0 Å². The average Bonchev–Trinajstić information content (AvgIpc) is 2.61. The first-order chi connectivity index (χ1) is 8.09. The molecule has 1 atom stereocenters. The molecule has 104 valence electrons. The second-order valence-corrected chi connectivity index (χ2v) is 5.00. The van der Waals surface area contributed by atoms with Gasteiger partial charge in [-0.2, -0.15) is 18.2 Å². The third-order valence-corrected chi connectivity index (χ3v) is 2.18. The van der Waals surface area contributed by atoms with Crippen molar-refractivity contribution in [1.82, 2.24) is 10.1 Å². The Balaban J connectivity index is 2.54. The van der Waals surface area contributed by atoms with Gasteiger partial charge in [0.15, 0.2) is 5.82 Å². The minimum atomic E-state index is -4.37. The molecule has 0 fully saturated rings. The summed E-state index contributed by atoms with van der Waals surface area (Å²) in [6, 6.07) is -0.485. The van der Waals surface area contributed by atoms with Crippen molar-refractivity contribution in [3.8, 4) is 0 Å². The number of nitrogens with two attached hydrogens (primary N) is 1. The zero-order valence-electron chi connectivity index (χ0n) is 10.4. The maximum absolute atomic E-state index is 11.8. The molecule has 0 saturated carbocycles. The molecule has 1 heterocycles. The van der Waals surface area contributed by atoms with Gasteiger partial charge in [-0.1, -0.05) is 25.9 Å². The van der Waals surface area contributed by atoms with Gasteiger partial charge < -0.3 is 15.0 Å². The Hall–Kier alpha value is -1.15. The number of halogens is 3. The third-order valence-electron chi connectivity index (χ3n) is 2.18. The van der Waals surface area contributed by atoms with E-state index in [4.69, 9.17) is 10.3 Å². The summed E-state index contributed by atoms with van der Waals surface area (Å²) in [5.41, 5.74) is 5.59. The number of nitrogens with zero attached hydrogens (tertiary/aromatic N) is 2. The van der Waals surface area contributed by atoms with Crippen molar-refractivity contribution in [2.75, 3.05) is 6.61 Å². The van der Waals surface area contributed by atoms with Crippen molar-refractivity contribution in [2.24, 2.45) is 11.1 Å². The molecule has 0 unspecified atom stereocenters. The molecule has 0 aliphatic carbocycles. The quantitative estimate of drug-likeness (QED) is 0.905. The fraction of sp³-hybridized carbons (Fsp3) is 0.800. The molecule has 1 aromatic rings. The van der Waals surface area contributed by atoms with Crippen molar-refractivity contribution in [3.05, 3.63) is 11.7 Å². The lowest BCUT2D eigenvalue weighted by Gasteiger charge is -2.23. The summed E-state index contributed by atoms with van der Waals surface area (Å²) in [6.45, 7) is 3.97. The summed E-state index contributed by atoms with van der Waals surface area (Å²) in [7, 11) is 0. The van der Waals surface area contributed by atoms with Crippen LogP contribution in [0, 0.1) is 5.41 Å². The zero-order chi connectivity index (χ0) is 14.0. The molecule has 0 saturated heterocycles. The molecular weight excluding hydrogens is 251 g/mol. The lowest BCUT2D eigenvalue weighted by Crippen LogP contribution is -2.26. The summed E-state index contributed by atoms with van der Waals surface area (Å²) in [5, 5.41) is 3.51. The molecular formula is C10H16F3N3O2. The van der Waals surface area contributed by atoms with E-state index in [9.17, 15) is 13.2 Å². The SMILES string of the molecule is CC(C)(C)[C@H](N)c1nc(COCC(F)(F)F)no1. The summed E-state index contributed by atoms with van der Waals surface area (Å²) >= 11 is 0. The number of aromatic nitrogens is 2. The summed E-state index contributed by atoms with van der Waals surface area (Å²) in [4.78, 5) is 3.90. The summed E-state index contributed by atoms with van der Waals surface area (Å²) < 4.78 is 44.8. The van der Waals surface area contributed by atoms with Gasteiger partial charge in [-0.3, -0.25) is 0 Å². The Morgan fingerprint density at radius 1 is 1.33 bits per heavy atom. The molecule has 0 aromatic carbocycles. The van der Waals surface area contributed by atoms with Gasteiger partial charge >= 0.3 is 6.18 Å². The molecule has 8 heteroatoms. The number of hydrogen-bond donors (Lipinski definition) is 1. The number of alkyl halides is 3. The largest absolute Gasteiger partial charge is 0.411 e. The van der Waals surface area contributed by atoms with Crippen LogP contribution in [0.2, 0.25) is 0 Å². The van der Waals surface area contributed by atoms with Crippen molar-refractivity contribution < 1.29 is 22.4 Å². The van der Waals surface area contributed by atoms with E-state index in [1.165, 1.54) is 0 Å². The molecule has 1 rings (SSSR count). The van der Waals surface area contributed by atoms with E-state index < -0.39 is 18.8 Å². The Morgan fingerprint density at radius 3 is 2.44 bits per heavy atom. The van der Waals surface area contributed by atoms with Gasteiger partial charge in [0.1, 0.15) is 13.2 Å². The second kappa shape index (κ2) is 5.23. The van der Waals surface area contributed by atoms with Crippen molar-refractivity contribution in [1.29, 1.82) is 0 Å². The fourth-order valence-corrected chi connectivity index (χ4v) is 1.08. The van der Waals surface area contributed by atoms with Crippen LogP contribution in [0.3, 0.4) is 0 Å². The van der Waals surface area contributed by atoms with E-state index in [1.807, 2.05) is 20.8 Å². The van der Waals surface area contributed by atoms with Gasteiger partial charge in [0.25, 0.3) is 0 Å². The maximum atomic E-state index is 11.8. The van der Waals surface area contributed by atoms with Crippen LogP contribution in [-0.2, 0) is 11.3 Å². The van der Waals surface area contributed by atoms with Gasteiger partial charge in [-0.05, 0) is 5.41 Å². The van der Waals surface area contributed by atoms with E-state index in [-0.39, 0.29) is 23.7 Å². The smallest absolute Gasteiger partial charge is 0.364 e. The van der Waals surface area contributed by atoms with Crippen LogP contribution in [0.25, 0.3) is 0 Å². The van der Waals surface area contributed by atoms with Crippen LogP contribution in [-0.4, -0.2) is 22.9 Å². The van der Waals surface area contributed by atoms with Gasteiger partial charge in [0.05, 0.1) is 6.04 Å². The van der Waals surface area contributed by atoms with Crippen LogP contribution in [0.1, 0.15) is 38.5 Å². The predicted octanol–water partition coefficient (Wildman–Crippen LogP) is 2.19. The maximum Gasteiger partial charge on any atom is 0.411 e. The number of ether oxygens (including phenoxy) is 1. The van der Waals surface area contributed by atoms with Gasteiger partial charge in [0.2, 0.25) is 5.89 Å². The van der Waals surface area contributed by atoms with Crippen molar-refractivity contribution in [3.63, 3.8) is 0 Å². The summed E-state index contributed by atoms with van der Waals surface area (Å²) in [5.74, 6) is 0.238. The van der Waals surface area contributed by atoms with Crippen LogP contribution >= 0.6 is 0 Å². The van der Waals surface area contributed by atoms with E-state index in [0.717, 1.165) is 0 Å². The van der Waals surface area contributed by atoms with Gasteiger partial charge in [0, 0.05) is 0 Å². The molecule has 0 spiro atoms. The van der Waals surface area contributed by atoms with E-state index in [2.05, 4.69) is 14.9 Å². The highest BCUT2D eigenvalue weighted by Gasteiger charge is 2.29. The highest BCUT2D eigenvalue weighted by molar-refractivity contribution is 4.95. The Morgan fingerprint density at radius 2 is 1.94 bits per heavy atom. The molecule has 2 N–H and O–H groups in total. The molecule has 0 bridgehead atoms. The highest BCUT2D eigenvalue weighted by Crippen LogP contribution is 2.29. The lowest BCUT2D eigenvalue weighted by atomic mass is 9.87. The van der Waals surface area contributed by atoms with E-state index in [0.29, 0.717) is 0 Å². The Bertz CT molecular complexity index is 384. The molecule has 0 aliphatic heterocycles. The van der Waals surface area contributed by atoms with Crippen molar-refractivity contribution >= 4 is 0 Å². The van der Waals surface area contributed by atoms with Crippen molar-refractivity contribution in [2.45, 2.75) is 39.6 Å². The first kappa shape index (κ1) is 14.9. The lowest BCUT2D eigenvalue weighted by molar-refractivity contribution is -0.177. The van der Waals surface area contributed by atoms with Crippen LogP contribution in [0.5, 0.6) is 0 Å². The Kier molecular flexibility index (Phi) is 4.33. The number of hydrogen-bond acceptors (Lipinski definition) is 5. The number of rotatable bonds is 4. The van der Waals surface area contributed by atoms with Crippen LogP contribution in [0.15, 0.2) is 4.52 Å². The molecule has 5 nitrogen and oxygen atoms in total. The normalized spacial score (nSPS) is 14.8. The fourth-order valence-electron chi connectivity index (χ4n) is 1.08. The molecule has 0 amide bonds. The van der Waals surface area contributed by atoms with Gasteiger partial charge in [-0.25, -0.2) is 0 Å². The molecule has 18 heavy (non-hydrogen) atoms. The molecule has 0 radical (unpaired) electrons. The highest BCUT2D eigenvalue weighted by atomic mass is 19.4. The zero-order valence-corrected chi connectivity index (χ0v) is 10.4. The summed E-state index contributed by atoms with van der Waals surface area (Å²) in [6.07, 6.45) is -4.37. The average molecular weight is 267 g/mol. The third kappa shape index (κ3) is 4.61. The molecule has 1 aromatic heterocycles. The Labute approximate surface area is 102 Å². The topological polar surface area (TPSA) is 74.2 Å². The minimum absolute atomic E-state index is 0.0500. The standard InChI is InChI=1S/C10H16F3N3O2/c1-9(2,3)7(14)8-15-6(16-18-8)4-17-5-10(11,12)13/h7H,4-5,14H2,1-3H3/t7-/m1/s1. The second-order valence-electron chi connectivity index (χ2n) is 5.00. The van der Waals surface area contributed by atoms with E-state index in [1.54, 1.807) is 0 Å². The monoisotopic (exact) mass is 267 g/mol.